The van der Waals surface area contributed by atoms with Crippen LogP contribution >= 0.6 is 0 Å². The predicted octanol–water partition coefficient (Wildman–Crippen LogP) is 1.75. The molecule has 0 aliphatic carbocycles. The van der Waals surface area contributed by atoms with E-state index >= 15 is 0 Å². The van der Waals surface area contributed by atoms with Crippen molar-refractivity contribution in [2.45, 2.75) is 26.3 Å². The van der Waals surface area contributed by atoms with Crippen LogP contribution in [0.5, 0.6) is 5.88 Å². The van der Waals surface area contributed by atoms with Gasteiger partial charge in [0.1, 0.15) is 5.56 Å². The van der Waals surface area contributed by atoms with Gasteiger partial charge in [-0.25, -0.2) is 9.78 Å². The Bertz CT molecular complexity index is 724. The maximum Gasteiger partial charge on any atom is 0.331 e. The number of aliphatic carboxylic acids is 1. The van der Waals surface area contributed by atoms with Crippen molar-refractivity contribution < 1.29 is 19.4 Å². The zero-order valence-electron chi connectivity index (χ0n) is 13.1. The third kappa shape index (κ3) is 3.47. The molecular weight excluding hydrogens is 300 g/mol. The number of aromatic nitrogens is 3. The number of anilines is 1. The molecule has 0 aliphatic rings. The first-order chi connectivity index (χ1) is 10.9. The van der Waals surface area contributed by atoms with Gasteiger partial charge >= 0.3 is 5.97 Å². The monoisotopic (exact) mass is 318 g/mol. The van der Waals surface area contributed by atoms with Crippen LogP contribution < -0.4 is 10.1 Å². The molecule has 2 aromatic heterocycles. The zero-order chi connectivity index (χ0) is 17.0. The van der Waals surface area contributed by atoms with Crippen molar-refractivity contribution in [2.75, 3.05) is 11.9 Å². The third-order valence-corrected chi connectivity index (χ3v) is 3.23. The fraction of sp³-hybridized carbons (Fsp3) is 0.333. The molecule has 0 fully saturated rings. The van der Waals surface area contributed by atoms with E-state index < -0.39 is 17.4 Å². The number of nitrogens with zero attached hydrogens (tertiary/aromatic N) is 3. The number of nitrogens with one attached hydrogen (secondary N) is 1. The Balaban J connectivity index is 2.19. The zero-order valence-corrected chi connectivity index (χ0v) is 13.1. The van der Waals surface area contributed by atoms with Gasteiger partial charge < -0.3 is 15.2 Å². The standard InChI is InChI=1S/C15H18N4O4/c1-4-23-13-11(6-5-7-16-13)12(20)18-10-8-17-19(9-10)15(2,3)14(21)22/h5-9H,4H2,1-3H3,(H,18,20)(H,21,22). The number of carbonyl (C=O) groups excluding carboxylic acids is 1. The van der Waals surface area contributed by atoms with Crippen LogP contribution in [0.1, 0.15) is 31.1 Å². The quantitative estimate of drug-likeness (QED) is 0.840. The lowest BCUT2D eigenvalue weighted by molar-refractivity contribution is -0.146. The van der Waals surface area contributed by atoms with Crippen LogP contribution in [0.25, 0.3) is 0 Å². The molecule has 0 aliphatic heterocycles. The van der Waals surface area contributed by atoms with Gasteiger partial charge in [0, 0.05) is 12.4 Å². The van der Waals surface area contributed by atoms with Crippen LogP contribution in [0.15, 0.2) is 30.7 Å². The van der Waals surface area contributed by atoms with Crippen LogP contribution in [-0.4, -0.2) is 38.4 Å². The first-order valence-electron chi connectivity index (χ1n) is 7.04. The fourth-order valence-electron chi connectivity index (χ4n) is 1.80. The number of pyridine rings is 1. The first-order valence-corrected chi connectivity index (χ1v) is 7.04. The van der Waals surface area contributed by atoms with Gasteiger partial charge in [0.05, 0.1) is 18.5 Å². The predicted molar refractivity (Wildman–Crippen MR) is 82.5 cm³/mol. The van der Waals surface area contributed by atoms with Gasteiger partial charge in [-0.2, -0.15) is 5.10 Å². The second kappa shape index (κ2) is 6.47. The van der Waals surface area contributed by atoms with E-state index in [2.05, 4.69) is 15.4 Å². The number of ether oxygens (including phenoxy) is 1. The van der Waals surface area contributed by atoms with E-state index in [-0.39, 0.29) is 5.88 Å². The first kappa shape index (κ1) is 16.5. The number of rotatable bonds is 6. The van der Waals surface area contributed by atoms with Crippen LogP contribution in [0.4, 0.5) is 5.69 Å². The molecule has 2 rings (SSSR count). The highest BCUT2D eigenvalue weighted by molar-refractivity contribution is 6.05. The van der Waals surface area contributed by atoms with Gasteiger partial charge in [-0.05, 0) is 32.9 Å². The second-order valence-electron chi connectivity index (χ2n) is 5.28. The van der Waals surface area contributed by atoms with E-state index in [0.29, 0.717) is 17.9 Å². The summed E-state index contributed by atoms with van der Waals surface area (Å²) in [5.41, 5.74) is -0.538. The molecule has 2 N–H and O–H groups in total. The number of carboxylic acids is 1. The molecule has 0 atom stereocenters. The number of hydrogen-bond donors (Lipinski definition) is 2. The Hall–Kier alpha value is -2.90. The topological polar surface area (TPSA) is 106 Å². The lowest BCUT2D eigenvalue weighted by atomic mass is 10.1. The van der Waals surface area contributed by atoms with E-state index in [0.717, 1.165) is 0 Å². The van der Waals surface area contributed by atoms with Crippen LogP contribution in [0, 0.1) is 0 Å². The molecule has 0 spiro atoms. The summed E-state index contributed by atoms with van der Waals surface area (Å²) in [7, 11) is 0. The molecule has 23 heavy (non-hydrogen) atoms. The Morgan fingerprint density at radius 2 is 2.17 bits per heavy atom. The minimum absolute atomic E-state index is 0.241. The van der Waals surface area contributed by atoms with Crippen LogP contribution in [0.3, 0.4) is 0 Å². The minimum Gasteiger partial charge on any atom is -0.479 e. The van der Waals surface area contributed by atoms with E-state index in [1.807, 2.05) is 0 Å². The molecule has 0 aromatic carbocycles. The highest BCUT2D eigenvalue weighted by Crippen LogP contribution is 2.19. The van der Waals surface area contributed by atoms with E-state index in [1.165, 1.54) is 37.1 Å². The van der Waals surface area contributed by atoms with Crippen molar-refractivity contribution in [3.05, 3.63) is 36.3 Å². The van der Waals surface area contributed by atoms with Gasteiger partial charge in [0.2, 0.25) is 5.88 Å². The average molecular weight is 318 g/mol. The normalized spacial score (nSPS) is 11.1. The summed E-state index contributed by atoms with van der Waals surface area (Å²) >= 11 is 0. The van der Waals surface area contributed by atoms with E-state index in [9.17, 15) is 14.7 Å². The molecule has 8 nitrogen and oxygen atoms in total. The van der Waals surface area contributed by atoms with Gasteiger partial charge in [-0.3, -0.25) is 9.48 Å². The number of carboxylic acid groups (broad SMARTS) is 1. The molecule has 1 amide bonds. The SMILES string of the molecule is CCOc1ncccc1C(=O)Nc1cnn(C(C)(C)C(=O)O)c1. The maximum atomic E-state index is 12.3. The minimum atomic E-state index is -1.21. The smallest absolute Gasteiger partial charge is 0.331 e. The van der Waals surface area contributed by atoms with Gasteiger partial charge in [0.25, 0.3) is 5.91 Å². The van der Waals surface area contributed by atoms with Crippen molar-refractivity contribution in [2.24, 2.45) is 0 Å². The number of hydrogen-bond acceptors (Lipinski definition) is 5. The molecular formula is C15H18N4O4. The lowest BCUT2D eigenvalue weighted by Gasteiger charge is -2.19. The highest BCUT2D eigenvalue weighted by Gasteiger charge is 2.30. The molecule has 8 heteroatoms. The molecule has 0 bridgehead atoms. The molecule has 0 radical (unpaired) electrons. The molecule has 2 heterocycles. The van der Waals surface area contributed by atoms with Crippen LogP contribution in [0.2, 0.25) is 0 Å². The summed E-state index contributed by atoms with van der Waals surface area (Å²) in [6.45, 7) is 5.22. The van der Waals surface area contributed by atoms with Gasteiger partial charge in [0.15, 0.2) is 5.54 Å². The second-order valence-corrected chi connectivity index (χ2v) is 5.28. The Kier molecular flexibility index (Phi) is 4.63. The van der Waals surface area contributed by atoms with Crippen molar-refractivity contribution in [1.29, 1.82) is 0 Å². The van der Waals surface area contributed by atoms with E-state index in [1.54, 1.807) is 19.1 Å². The van der Waals surface area contributed by atoms with Crippen LogP contribution in [-0.2, 0) is 10.3 Å². The van der Waals surface area contributed by atoms with Crippen molar-refractivity contribution in [3.63, 3.8) is 0 Å². The van der Waals surface area contributed by atoms with E-state index in [4.69, 9.17) is 4.74 Å². The van der Waals surface area contributed by atoms with Gasteiger partial charge in [-0.15, -0.1) is 0 Å². The summed E-state index contributed by atoms with van der Waals surface area (Å²) in [4.78, 5) is 27.6. The molecule has 2 aromatic rings. The Labute approximate surface area is 133 Å². The number of carbonyl (C=O) groups is 2. The average Bonchev–Trinajstić information content (AvgIpc) is 2.97. The summed E-state index contributed by atoms with van der Waals surface area (Å²) in [5.74, 6) is -1.19. The molecule has 0 unspecified atom stereocenters. The van der Waals surface area contributed by atoms with Gasteiger partial charge in [-0.1, -0.05) is 0 Å². The Morgan fingerprint density at radius 1 is 1.43 bits per heavy atom. The van der Waals surface area contributed by atoms with Crippen molar-refractivity contribution >= 4 is 17.6 Å². The largest absolute Gasteiger partial charge is 0.479 e. The highest BCUT2D eigenvalue weighted by atomic mass is 16.5. The maximum absolute atomic E-state index is 12.3. The van der Waals surface area contributed by atoms with Crippen molar-refractivity contribution in [1.82, 2.24) is 14.8 Å². The lowest BCUT2D eigenvalue weighted by Crippen LogP contribution is -2.35. The Morgan fingerprint density at radius 3 is 2.83 bits per heavy atom. The summed E-state index contributed by atoms with van der Waals surface area (Å²) in [5, 5.41) is 15.8. The van der Waals surface area contributed by atoms with Crippen molar-refractivity contribution in [3.8, 4) is 5.88 Å². The summed E-state index contributed by atoms with van der Waals surface area (Å²) in [6, 6.07) is 3.23. The fourth-order valence-corrected chi connectivity index (χ4v) is 1.80. The number of amides is 1. The summed E-state index contributed by atoms with van der Waals surface area (Å²) < 4.78 is 6.59. The third-order valence-electron chi connectivity index (χ3n) is 3.23. The molecule has 0 saturated heterocycles. The molecule has 0 saturated carbocycles. The molecule has 122 valence electrons. The summed E-state index contributed by atoms with van der Waals surface area (Å²) in [6.07, 6.45) is 4.39.